The van der Waals surface area contributed by atoms with Crippen molar-refractivity contribution in [1.29, 1.82) is 0 Å². The maximum Gasteiger partial charge on any atom is 0.0278 e. The zero-order valence-corrected chi connectivity index (χ0v) is 10.6. The fraction of sp³-hybridized carbons (Fsp3) is 0.0526. The predicted molar refractivity (Wildman–Crippen MR) is 81.4 cm³/mol. The summed E-state index contributed by atoms with van der Waals surface area (Å²) in [4.78, 5) is 0. The summed E-state index contributed by atoms with van der Waals surface area (Å²) in [6, 6.07) is 8.61. The maximum absolute atomic E-state index is 2.28. The largest absolute Gasteiger partial charge is 0.0726 e. The molecule has 90 valence electrons. The fourth-order valence-electron chi connectivity index (χ4n) is 3.03. The van der Waals surface area contributed by atoms with E-state index in [-0.39, 0.29) is 0 Å². The summed E-state index contributed by atoms with van der Waals surface area (Å²) in [5, 5.41) is 0. The lowest BCUT2D eigenvalue weighted by Crippen LogP contribution is -2.08. The van der Waals surface area contributed by atoms with Crippen molar-refractivity contribution in [1.82, 2.24) is 0 Å². The van der Waals surface area contributed by atoms with E-state index in [1.54, 1.807) is 0 Å². The van der Waals surface area contributed by atoms with Gasteiger partial charge in [-0.3, -0.25) is 0 Å². The van der Waals surface area contributed by atoms with E-state index in [4.69, 9.17) is 0 Å². The lowest BCUT2D eigenvalue weighted by atomic mass is 9.81. The van der Waals surface area contributed by atoms with E-state index < -0.39 is 0 Å². The van der Waals surface area contributed by atoms with Gasteiger partial charge in [0.2, 0.25) is 0 Å². The molecular formula is C19H14. The molecule has 3 aliphatic carbocycles. The molecular weight excluding hydrogens is 228 g/mol. The van der Waals surface area contributed by atoms with Crippen molar-refractivity contribution in [3.63, 3.8) is 0 Å². The molecule has 0 heteroatoms. The van der Waals surface area contributed by atoms with Gasteiger partial charge in [0.25, 0.3) is 0 Å². The molecule has 0 heterocycles. The number of hydrogen-bond donors (Lipinski definition) is 0. The molecule has 0 saturated carbocycles. The molecule has 0 amide bonds. The van der Waals surface area contributed by atoms with Crippen LogP contribution < -0.4 is 0 Å². The second-order valence-electron chi connectivity index (χ2n) is 5.04. The molecule has 0 saturated heterocycles. The highest BCUT2D eigenvalue weighted by molar-refractivity contribution is 5.93. The Morgan fingerprint density at radius 3 is 2.74 bits per heavy atom. The standard InChI is InChI=1S/C19H14/c1-3-9-16-14(6-1)8-5-11-18(16)19-13-12-15-7-2-4-10-17(15)19/h1-13,16H/b19-18+. The van der Waals surface area contributed by atoms with Gasteiger partial charge in [-0.25, -0.2) is 0 Å². The third kappa shape index (κ3) is 1.61. The molecule has 1 aromatic rings. The highest BCUT2D eigenvalue weighted by Gasteiger charge is 2.22. The summed E-state index contributed by atoms with van der Waals surface area (Å²) in [7, 11) is 0. The molecule has 4 rings (SSSR count). The smallest absolute Gasteiger partial charge is 0.0278 e. The molecule has 0 nitrogen and oxygen atoms in total. The molecule has 19 heavy (non-hydrogen) atoms. The summed E-state index contributed by atoms with van der Waals surface area (Å²) in [5.41, 5.74) is 6.82. The highest BCUT2D eigenvalue weighted by Crippen LogP contribution is 2.39. The maximum atomic E-state index is 2.28. The molecule has 0 aliphatic heterocycles. The molecule has 0 aromatic heterocycles. The summed E-state index contributed by atoms with van der Waals surface area (Å²) >= 11 is 0. The normalized spacial score (nSPS) is 26.3. The van der Waals surface area contributed by atoms with Crippen LogP contribution >= 0.6 is 0 Å². The van der Waals surface area contributed by atoms with E-state index in [2.05, 4.69) is 78.9 Å². The van der Waals surface area contributed by atoms with E-state index >= 15 is 0 Å². The van der Waals surface area contributed by atoms with E-state index in [1.807, 2.05) is 0 Å². The van der Waals surface area contributed by atoms with Crippen LogP contribution in [0.4, 0.5) is 0 Å². The summed E-state index contributed by atoms with van der Waals surface area (Å²) in [6.07, 6.45) is 19.8. The van der Waals surface area contributed by atoms with Crippen LogP contribution in [0.2, 0.25) is 0 Å². The molecule has 1 unspecified atom stereocenters. The van der Waals surface area contributed by atoms with Crippen LogP contribution in [0.3, 0.4) is 0 Å². The van der Waals surface area contributed by atoms with Gasteiger partial charge in [-0.05, 0) is 27.8 Å². The van der Waals surface area contributed by atoms with Crippen molar-refractivity contribution in [3.8, 4) is 0 Å². The Kier molecular flexibility index (Phi) is 2.28. The minimum absolute atomic E-state index is 0.404. The van der Waals surface area contributed by atoms with Gasteiger partial charge in [0.15, 0.2) is 0 Å². The van der Waals surface area contributed by atoms with Gasteiger partial charge in [-0.1, -0.05) is 78.9 Å². The van der Waals surface area contributed by atoms with Crippen LogP contribution in [0.25, 0.3) is 11.6 Å². The molecule has 1 atom stereocenters. The van der Waals surface area contributed by atoms with Crippen molar-refractivity contribution in [3.05, 3.63) is 95.1 Å². The van der Waals surface area contributed by atoms with E-state index in [1.165, 1.54) is 27.8 Å². The quantitative estimate of drug-likeness (QED) is 0.618. The van der Waals surface area contributed by atoms with Gasteiger partial charge in [-0.2, -0.15) is 0 Å². The zero-order valence-electron chi connectivity index (χ0n) is 10.6. The summed E-state index contributed by atoms with van der Waals surface area (Å²) in [5.74, 6) is 0.404. The van der Waals surface area contributed by atoms with Gasteiger partial charge < -0.3 is 0 Å². The molecule has 0 N–H and O–H groups in total. The molecule has 0 spiro atoms. The first-order valence-corrected chi connectivity index (χ1v) is 6.68. The lowest BCUT2D eigenvalue weighted by molar-refractivity contribution is 0.936. The minimum atomic E-state index is 0.404. The second-order valence-corrected chi connectivity index (χ2v) is 5.04. The van der Waals surface area contributed by atoms with Crippen LogP contribution in [-0.2, 0) is 0 Å². The molecule has 0 fully saturated rings. The van der Waals surface area contributed by atoms with Crippen molar-refractivity contribution in [2.75, 3.05) is 0 Å². The predicted octanol–water partition coefficient (Wildman–Crippen LogP) is 4.71. The van der Waals surface area contributed by atoms with Crippen LogP contribution in [0.1, 0.15) is 11.1 Å². The average molecular weight is 242 g/mol. The van der Waals surface area contributed by atoms with Crippen LogP contribution in [0.5, 0.6) is 0 Å². The summed E-state index contributed by atoms with van der Waals surface area (Å²) < 4.78 is 0. The Labute approximate surface area is 113 Å². The second kappa shape index (κ2) is 4.10. The molecule has 0 bridgehead atoms. The van der Waals surface area contributed by atoms with Crippen molar-refractivity contribution >= 4 is 11.6 Å². The monoisotopic (exact) mass is 242 g/mol. The Hall–Kier alpha value is -2.34. The Morgan fingerprint density at radius 1 is 0.789 bits per heavy atom. The Bertz CT molecular complexity index is 718. The zero-order chi connectivity index (χ0) is 12.7. The number of hydrogen-bond acceptors (Lipinski definition) is 0. The SMILES string of the molecule is C1=CC2=CC=C/C(=C3/C=Cc4ccccc43)C2C=C1. The van der Waals surface area contributed by atoms with E-state index in [0.29, 0.717) is 5.92 Å². The molecule has 1 aromatic carbocycles. The lowest BCUT2D eigenvalue weighted by Gasteiger charge is -2.23. The Balaban J connectivity index is 1.90. The highest BCUT2D eigenvalue weighted by atomic mass is 14.3. The van der Waals surface area contributed by atoms with Crippen LogP contribution in [0, 0.1) is 5.92 Å². The minimum Gasteiger partial charge on any atom is -0.0726 e. The van der Waals surface area contributed by atoms with Crippen molar-refractivity contribution in [2.45, 2.75) is 0 Å². The van der Waals surface area contributed by atoms with E-state index in [0.717, 1.165) is 0 Å². The number of fused-ring (bicyclic) bond motifs is 2. The third-order valence-corrected chi connectivity index (χ3v) is 3.95. The first-order valence-electron chi connectivity index (χ1n) is 6.68. The third-order valence-electron chi connectivity index (χ3n) is 3.95. The van der Waals surface area contributed by atoms with Crippen LogP contribution in [0.15, 0.2) is 84.0 Å². The van der Waals surface area contributed by atoms with Gasteiger partial charge in [0, 0.05) is 5.92 Å². The molecule has 0 radical (unpaired) electrons. The fourth-order valence-corrected chi connectivity index (χ4v) is 3.03. The first kappa shape index (κ1) is 10.6. The van der Waals surface area contributed by atoms with Gasteiger partial charge in [-0.15, -0.1) is 0 Å². The van der Waals surface area contributed by atoms with E-state index in [9.17, 15) is 0 Å². The van der Waals surface area contributed by atoms with Gasteiger partial charge in [0.1, 0.15) is 0 Å². The first-order chi connectivity index (χ1) is 9.43. The number of allylic oxidation sites excluding steroid dienone is 11. The topological polar surface area (TPSA) is 0 Å². The average Bonchev–Trinajstić information content (AvgIpc) is 2.90. The number of benzene rings is 1. The van der Waals surface area contributed by atoms with Crippen molar-refractivity contribution in [2.24, 2.45) is 5.92 Å². The molecule has 3 aliphatic rings. The van der Waals surface area contributed by atoms with Gasteiger partial charge >= 0.3 is 0 Å². The van der Waals surface area contributed by atoms with Crippen molar-refractivity contribution < 1.29 is 0 Å². The number of rotatable bonds is 0. The summed E-state index contributed by atoms with van der Waals surface area (Å²) in [6.45, 7) is 0. The van der Waals surface area contributed by atoms with Gasteiger partial charge in [0.05, 0.1) is 0 Å². The Morgan fingerprint density at radius 2 is 1.74 bits per heavy atom. The van der Waals surface area contributed by atoms with Crippen LogP contribution in [-0.4, -0.2) is 0 Å².